The van der Waals surface area contributed by atoms with Crippen LogP contribution in [-0.2, 0) is 31.2 Å². The van der Waals surface area contributed by atoms with E-state index in [-0.39, 0.29) is 28.6 Å². The van der Waals surface area contributed by atoms with Crippen LogP contribution in [0.25, 0.3) is 0 Å². The van der Waals surface area contributed by atoms with Crippen molar-refractivity contribution in [3.8, 4) is 0 Å². The number of sulfonamides is 1. The minimum Gasteiger partial charge on any atom is -0.468 e. The molecule has 10 nitrogen and oxygen atoms in total. The highest BCUT2D eigenvalue weighted by Gasteiger charge is 2.33. The van der Waals surface area contributed by atoms with E-state index in [1.807, 2.05) is 0 Å². The highest BCUT2D eigenvalue weighted by molar-refractivity contribution is 7.91. The molecule has 0 aliphatic carbocycles. The Labute approximate surface area is 176 Å². The Bertz CT molecular complexity index is 1140. The molecule has 0 bridgehead atoms. The molecule has 0 aromatic carbocycles. The summed E-state index contributed by atoms with van der Waals surface area (Å²) in [6, 6.07) is 2.13. The van der Waals surface area contributed by atoms with Gasteiger partial charge in [-0.05, 0) is 39.3 Å². The summed E-state index contributed by atoms with van der Waals surface area (Å²) < 4.78 is 57.2. The summed E-state index contributed by atoms with van der Waals surface area (Å²) in [6.07, 6.45) is 1.84. The van der Waals surface area contributed by atoms with Crippen molar-refractivity contribution in [2.24, 2.45) is 0 Å². The van der Waals surface area contributed by atoms with Crippen LogP contribution in [0.3, 0.4) is 0 Å². The third kappa shape index (κ3) is 4.44. The molecular formula is C18H26N4O6S2. The topological polar surface area (TPSA) is 132 Å². The Balaban J connectivity index is 1.81. The number of aryl methyl sites for hydroxylation is 1. The van der Waals surface area contributed by atoms with Crippen molar-refractivity contribution in [3.63, 3.8) is 0 Å². The van der Waals surface area contributed by atoms with Crippen LogP contribution in [0.15, 0.2) is 27.7 Å². The van der Waals surface area contributed by atoms with Gasteiger partial charge in [0.25, 0.3) is 0 Å². The lowest BCUT2D eigenvalue weighted by molar-refractivity contribution is -0.124. The second-order valence-corrected chi connectivity index (χ2v) is 11.8. The first-order valence-corrected chi connectivity index (χ1v) is 12.7. The number of furan rings is 1. The fourth-order valence-corrected chi connectivity index (χ4v) is 6.77. The third-order valence-electron chi connectivity index (χ3n) is 5.21. The molecule has 2 atom stereocenters. The van der Waals surface area contributed by atoms with E-state index in [0.717, 1.165) is 0 Å². The van der Waals surface area contributed by atoms with Gasteiger partial charge in [-0.25, -0.2) is 16.8 Å². The van der Waals surface area contributed by atoms with Crippen molar-refractivity contribution in [3.05, 3.63) is 35.5 Å². The molecule has 2 aromatic rings. The molecule has 1 aliphatic heterocycles. The van der Waals surface area contributed by atoms with Crippen LogP contribution in [-0.4, -0.2) is 61.4 Å². The van der Waals surface area contributed by atoms with Crippen molar-refractivity contribution in [1.82, 2.24) is 19.4 Å². The number of aromatic nitrogens is 2. The van der Waals surface area contributed by atoms with Gasteiger partial charge in [-0.3, -0.25) is 9.48 Å². The second-order valence-electron chi connectivity index (χ2n) is 7.57. The summed E-state index contributed by atoms with van der Waals surface area (Å²) in [7, 11) is -5.55. The average Bonchev–Trinajstić information content (AvgIpc) is 3.34. The zero-order chi connectivity index (χ0) is 22.3. The number of hydrogen-bond acceptors (Lipinski definition) is 7. The van der Waals surface area contributed by atoms with E-state index >= 15 is 0 Å². The maximum absolute atomic E-state index is 13.1. The molecule has 0 unspecified atom stereocenters. The van der Waals surface area contributed by atoms with Gasteiger partial charge in [0.05, 0.1) is 35.7 Å². The summed E-state index contributed by atoms with van der Waals surface area (Å²) in [5.74, 6) is 0.0646. The monoisotopic (exact) mass is 458 g/mol. The Morgan fingerprint density at radius 2 is 2.13 bits per heavy atom. The molecule has 2 aromatic heterocycles. The van der Waals surface area contributed by atoms with Crippen LogP contribution in [0.2, 0.25) is 0 Å². The fraction of sp³-hybridized carbons (Fsp3) is 0.556. The minimum absolute atomic E-state index is 0.0413. The number of rotatable bonds is 7. The SMILES string of the molecule is Cc1nn([C@H](C)C(=O)N[C@@H]2CCS(=O)(=O)C2)c(C)c1S(=O)(=O)N(C)Cc1ccco1. The molecule has 3 rings (SSSR count). The number of nitrogens with one attached hydrogen (secondary N) is 1. The van der Waals surface area contributed by atoms with Gasteiger partial charge >= 0.3 is 0 Å². The summed E-state index contributed by atoms with van der Waals surface area (Å²) >= 11 is 0. The lowest BCUT2D eigenvalue weighted by Gasteiger charge is -2.19. The predicted molar refractivity (Wildman–Crippen MR) is 109 cm³/mol. The minimum atomic E-state index is -3.87. The summed E-state index contributed by atoms with van der Waals surface area (Å²) in [5.41, 5.74) is 0.613. The van der Waals surface area contributed by atoms with Crippen molar-refractivity contribution in [2.75, 3.05) is 18.6 Å². The number of carbonyl (C=O) groups excluding carboxylic acids is 1. The first kappa shape index (κ1) is 22.5. The lowest BCUT2D eigenvalue weighted by Crippen LogP contribution is -2.40. The predicted octanol–water partition coefficient (Wildman–Crippen LogP) is 0.778. The van der Waals surface area contributed by atoms with Crippen LogP contribution >= 0.6 is 0 Å². The number of amides is 1. The van der Waals surface area contributed by atoms with Gasteiger partial charge in [-0.2, -0.15) is 9.40 Å². The number of sulfone groups is 1. The molecule has 1 N–H and O–H groups in total. The van der Waals surface area contributed by atoms with Crippen molar-refractivity contribution < 1.29 is 26.0 Å². The largest absolute Gasteiger partial charge is 0.468 e. The van der Waals surface area contributed by atoms with Crippen LogP contribution in [0, 0.1) is 13.8 Å². The number of nitrogens with zero attached hydrogens (tertiary/aromatic N) is 3. The van der Waals surface area contributed by atoms with E-state index in [9.17, 15) is 21.6 Å². The van der Waals surface area contributed by atoms with Crippen LogP contribution in [0.1, 0.15) is 36.5 Å². The Morgan fingerprint density at radius 1 is 1.43 bits per heavy atom. The van der Waals surface area contributed by atoms with Gasteiger partial charge in [0, 0.05) is 13.1 Å². The third-order valence-corrected chi connectivity index (χ3v) is 9.03. The number of carbonyl (C=O) groups is 1. The van der Waals surface area contributed by atoms with E-state index in [4.69, 9.17) is 4.42 Å². The Kier molecular flexibility index (Phi) is 6.12. The van der Waals surface area contributed by atoms with E-state index in [0.29, 0.717) is 17.9 Å². The molecule has 0 spiro atoms. The molecule has 1 amide bonds. The molecule has 12 heteroatoms. The maximum atomic E-state index is 13.1. The van der Waals surface area contributed by atoms with Crippen molar-refractivity contribution >= 4 is 25.8 Å². The summed E-state index contributed by atoms with van der Waals surface area (Å²) in [5, 5.41) is 7.02. The fourth-order valence-electron chi connectivity index (χ4n) is 3.60. The maximum Gasteiger partial charge on any atom is 0.246 e. The highest BCUT2D eigenvalue weighted by atomic mass is 32.2. The van der Waals surface area contributed by atoms with Gasteiger partial charge in [0.15, 0.2) is 9.84 Å². The van der Waals surface area contributed by atoms with Gasteiger partial charge in [0.1, 0.15) is 16.7 Å². The van der Waals surface area contributed by atoms with E-state index in [1.165, 1.54) is 22.3 Å². The molecule has 0 saturated carbocycles. The highest BCUT2D eigenvalue weighted by Crippen LogP contribution is 2.26. The first-order valence-electron chi connectivity index (χ1n) is 9.47. The van der Waals surface area contributed by atoms with Crippen LogP contribution < -0.4 is 5.32 Å². The molecule has 1 fully saturated rings. The standard InChI is InChI=1S/C18H26N4O6S2/c1-12-17(30(26,27)21(4)10-16-6-5-8-28-16)13(2)22(20-12)14(3)18(23)19-15-7-9-29(24,25)11-15/h5-6,8,14-15H,7,9-11H2,1-4H3,(H,19,23)/t14-,15-/m1/s1. The van der Waals surface area contributed by atoms with Crippen molar-refractivity contribution in [2.45, 2.75) is 50.7 Å². The molecule has 30 heavy (non-hydrogen) atoms. The molecular weight excluding hydrogens is 432 g/mol. The molecule has 0 radical (unpaired) electrons. The van der Waals surface area contributed by atoms with Gasteiger partial charge in [-0.15, -0.1) is 0 Å². The summed E-state index contributed by atoms with van der Waals surface area (Å²) in [4.78, 5) is 12.7. The first-order chi connectivity index (χ1) is 13.9. The Hall–Kier alpha value is -2.18. The Morgan fingerprint density at radius 3 is 2.70 bits per heavy atom. The zero-order valence-electron chi connectivity index (χ0n) is 17.3. The quantitative estimate of drug-likeness (QED) is 0.648. The second kappa shape index (κ2) is 8.16. The van der Waals surface area contributed by atoms with Crippen molar-refractivity contribution in [1.29, 1.82) is 0 Å². The van der Waals surface area contributed by atoms with Gasteiger partial charge in [-0.1, -0.05) is 0 Å². The van der Waals surface area contributed by atoms with Gasteiger partial charge < -0.3 is 9.73 Å². The van der Waals surface area contributed by atoms with Crippen LogP contribution in [0.4, 0.5) is 0 Å². The smallest absolute Gasteiger partial charge is 0.246 e. The molecule has 1 aliphatic rings. The summed E-state index contributed by atoms with van der Waals surface area (Å²) in [6.45, 7) is 4.83. The molecule has 3 heterocycles. The number of hydrogen-bond donors (Lipinski definition) is 1. The van der Waals surface area contributed by atoms with E-state index in [2.05, 4.69) is 10.4 Å². The van der Waals surface area contributed by atoms with Crippen LogP contribution in [0.5, 0.6) is 0 Å². The van der Waals surface area contributed by atoms with Gasteiger partial charge in [0.2, 0.25) is 15.9 Å². The lowest BCUT2D eigenvalue weighted by atomic mass is 10.2. The average molecular weight is 459 g/mol. The molecule has 1 saturated heterocycles. The normalized spacial score (nSPS) is 19.8. The van der Waals surface area contributed by atoms with E-state index in [1.54, 1.807) is 32.9 Å². The zero-order valence-corrected chi connectivity index (χ0v) is 19.0. The van der Waals surface area contributed by atoms with E-state index < -0.39 is 37.9 Å². The molecule has 166 valence electrons.